The third-order valence-electron chi connectivity index (χ3n) is 2.11. The van der Waals surface area contributed by atoms with Crippen molar-refractivity contribution < 1.29 is 0 Å². The van der Waals surface area contributed by atoms with Crippen LogP contribution >= 0.6 is 0 Å². The van der Waals surface area contributed by atoms with Crippen LogP contribution in [0.1, 0.15) is 31.2 Å². The van der Waals surface area contributed by atoms with Gasteiger partial charge in [0.15, 0.2) is 0 Å². The quantitative estimate of drug-likeness (QED) is 0.732. The molecular formula is C9H17N3. The fourth-order valence-electron chi connectivity index (χ4n) is 1.32. The summed E-state index contributed by atoms with van der Waals surface area (Å²) in [6, 6.07) is 0. The van der Waals surface area contributed by atoms with E-state index in [0.29, 0.717) is 6.54 Å². The number of hydrogen-bond acceptors (Lipinski definition) is 2. The Labute approximate surface area is 73.6 Å². The SMILES string of the molecule is CCCCc1ncn(C)c1CN. The van der Waals surface area contributed by atoms with Crippen molar-refractivity contribution in [3.8, 4) is 0 Å². The van der Waals surface area contributed by atoms with Gasteiger partial charge < -0.3 is 10.3 Å². The smallest absolute Gasteiger partial charge is 0.0949 e. The van der Waals surface area contributed by atoms with Gasteiger partial charge in [-0.1, -0.05) is 13.3 Å². The zero-order chi connectivity index (χ0) is 8.97. The summed E-state index contributed by atoms with van der Waals surface area (Å²) < 4.78 is 2.00. The fourth-order valence-corrected chi connectivity index (χ4v) is 1.32. The third kappa shape index (κ3) is 1.85. The summed E-state index contributed by atoms with van der Waals surface area (Å²) in [5, 5.41) is 0. The van der Waals surface area contributed by atoms with Gasteiger partial charge in [0.05, 0.1) is 17.7 Å². The maximum Gasteiger partial charge on any atom is 0.0949 e. The van der Waals surface area contributed by atoms with Crippen molar-refractivity contribution in [2.24, 2.45) is 12.8 Å². The van der Waals surface area contributed by atoms with Gasteiger partial charge in [0, 0.05) is 13.6 Å². The van der Waals surface area contributed by atoms with E-state index in [9.17, 15) is 0 Å². The Balaban J connectivity index is 2.70. The van der Waals surface area contributed by atoms with Crippen molar-refractivity contribution in [3.63, 3.8) is 0 Å². The van der Waals surface area contributed by atoms with Gasteiger partial charge in [0.2, 0.25) is 0 Å². The number of rotatable bonds is 4. The average molecular weight is 167 g/mol. The summed E-state index contributed by atoms with van der Waals surface area (Å²) in [5.74, 6) is 0. The van der Waals surface area contributed by atoms with E-state index in [1.807, 2.05) is 17.9 Å². The molecule has 0 amide bonds. The maximum atomic E-state index is 5.61. The molecule has 0 saturated carbocycles. The second-order valence-electron chi connectivity index (χ2n) is 3.06. The van der Waals surface area contributed by atoms with Gasteiger partial charge in [-0.15, -0.1) is 0 Å². The molecule has 0 bridgehead atoms. The zero-order valence-corrected chi connectivity index (χ0v) is 7.88. The number of hydrogen-bond donors (Lipinski definition) is 1. The van der Waals surface area contributed by atoms with Crippen molar-refractivity contribution in [3.05, 3.63) is 17.7 Å². The molecule has 0 aliphatic heterocycles. The molecule has 1 rings (SSSR count). The van der Waals surface area contributed by atoms with E-state index >= 15 is 0 Å². The van der Waals surface area contributed by atoms with Gasteiger partial charge in [-0.25, -0.2) is 4.98 Å². The number of imidazole rings is 1. The van der Waals surface area contributed by atoms with Gasteiger partial charge in [0.25, 0.3) is 0 Å². The Kier molecular flexibility index (Phi) is 3.29. The number of unbranched alkanes of at least 4 members (excludes halogenated alkanes) is 1. The van der Waals surface area contributed by atoms with Crippen LogP contribution in [0.4, 0.5) is 0 Å². The number of nitrogens with two attached hydrogens (primary N) is 1. The summed E-state index contributed by atoms with van der Waals surface area (Å²) in [6.45, 7) is 2.78. The Morgan fingerprint density at radius 2 is 2.33 bits per heavy atom. The minimum atomic E-state index is 0.593. The number of aryl methyl sites for hydroxylation is 2. The highest BCUT2D eigenvalue weighted by atomic mass is 15.0. The van der Waals surface area contributed by atoms with Gasteiger partial charge in [-0.2, -0.15) is 0 Å². The molecule has 12 heavy (non-hydrogen) atoms. The molecule has 3 nitrogen and oxygen atoms in total. The monoisotopic (exact) mass is 167 g/mol. The summed E-state index contributed by atoms with van der Waals surface area (Å²) >= 11 is 0. The van der Waals surface area contributed by atoms with E-state index in [0.717, 1.165) is 6.42 Å². The summed E-state index contributed by atoms with van der Waals surface area (Å²) in [6.07, 6.45) is 5.31. The molecule has 0 aliphatic carbocycles. The highest BCUT2D eigenvalue weighted by Crippen LogP contribution is 2.08. The van der Waals surface area contributed by atoms with E-state index in [-0.39, 0.29) is 0 Å². The summed E-state index contributed by atoms with van der Waals surface area (Å²) in [7, 11) is 1.99. The molecule has 68 valence electrons. The molecule has 2 N–H and O–H groups in total. The van der Waals surface area contributed by atoms with E-state index in [2.05, 4.69) is 11.9 Å². The first-order valence-electron chi connectivity index (χ1n) is 4.48. The number of aromatic nitrogens is 2. The van der Waals surface area contributed by atoms with Crippen molar-refractivity contribution in [1.82, 2.24) is 9.55 Å². The zero-order valence-electron chi connectivity index (χ0n) is 7.88. The Bertz CT molecular complexity index is 240. The van der Waals surface area contributed by atoms with Crippen LogP contribution in [0.3, 0.4) is 0 Å². The Morgan fingerprint density at radius 3 is 2.92 bits per heavy atom. The van der Waals surface area contributed by atoms with Crippen molar-refractivity contribution in [2.75, 3.05) is 0 Å². The first-order valence-corrected chi connectivity index (χ1v) is 4.48. The third-order valence-corrected chi connectivity index (χ3v) is 2.11. The second-order valence-corrected chi connectivity index (χ2v) is 3.06. The number of nitrogens with zero attached hydrogens (tertiary/aromatic N) is 2. The minimum absolute atomic E-state index is 0.593. The second kappa shape index (κ2) is 4.26. The van der Waals surface area contributed by atoms with Crippen LogP contribution in [0.5, 0.6) is 0 Å². The molecule has 1 heterocycles. The molecule has 0 aliphatic rings. The highest BCUT2D eigenvalue weighted by Gasteiger charge is 2.05. The van der Waals surface area contributed by atoms with E-state index in [1.54, 1.807) is 0 Å². The van der Waals surface area contributed by atoms with E-state index in [1.165, 1.54) is 24.2 Å². The van der Waals surface area contributed by atoms with Gasteiger partial charge >= 0.3 is 0 Å². The molecule has 0 atom stereocenters. The van der Waals surface area contributed by atoms with Crippen molar-refractivity contribution >= 4 is 0 Å². The van der Waals surface area contributed by atoms with Crippen LogP contribution in [-0.4, -0.2) is 9.55 Å². The van der Waals surface area contributed by atoms with Crippen LogP contribution < -0.4 is 5.73 Å². The lowest BCUT2D eigenvalue weighted by Crippen LogP contribution is -2.05. The molecule has 0 fully saturated rings. The lowest BCUT2D eigenvalue weighted by Gasteiger charge is -2.01. The Hall–Kier alpha value is -0.830. The van der Waals surface area contributed by atoms with Gasteiger partial charge in [-0.05, 0) is 12.8 Å². The largest absolute Gasteiger partial charge is 0.336 e. The van der Waals surface area contributed by atoms with Crippen molar-refractivity contribution in [2.45, 2.75) is 32.7 Å². The van der Waals surface area contributed by atoms with Crippen LogP contribution in [0.25, 0.3) is 0 Å². The predicted octanol–water partition coefficient (Wildman–Crippen LogP) is 1.22. The van der Waals surface area contributed by atoms with Crippen LogP contribution in [0.2, 0.25) is 0 Å². The lowest BCUT2D eigenvalue weighted by atomic mass is 10.2. The normalized spacial score (nSPS) is 10.6. The van der Waals surface area contributed by atoms with Gasteiger partial charge in [0.1, 0.15) is 0 Å². The standard InChI is InChI=1S/C9H17N3/c1-3-4-5-8-9(6-10)12(2)7-11-8/h7H,3-6,10H2,1-2H3. The average Bonchev–Trinajstić information content (AvgIpc) is 2.43. The first kappa shape index (κ1) is 9.26. The van der Waals surface area contributed by atoms with E-state index < -0.39 is 0 Å². The fraction of sp³-hybridized carbons (Fsp3) is 0.667. The highest BCUT2D eigenvalue weighted by molar-refractivity contribution is 5.12. The van der Waals surface area contributed by atoms with Crippen LogP contribution in [0.15, 0.2) is 6.33 Å². The molecular weight excluding hydrogens is 150 g/mol. The molecule has 1 aromatic heterocycles. The van der Waals surface area contributed by atoms with E-state index in [4.69, 9.17) is 5.73 Å². The van der Waals surface area contributed by atoms with Gasteiger partial charge in [-0.3, -0.25) is 0 Å². The predicted molar refractivity (Wildman–Crippen MR) is 49.7 cm³/mol. The molecule has 1 aromatic rings. The Morgan fingerprint density at radius 1 is 1.58 bits per heavy atom. The molecule has 3 heteroatoms. The molecule has 0 radical (unpaired) electrons. The molecule has 0 spiro atoms. The lowest BCUT2D eigenvalue weighted by molar-refractivity contribution is 0.755. The maximum absolute atomic E-state index is 5.61. The molecule has 0 unspecified atom stereocenters. The first-order chi connectivity index (χ1) is 5.79. The van der Waals surface area contributed by atoms with Crippen molar-refractivity contribution in [1.29, 1.82) is 0 Å². The molecule has 0 aromatic carbocycles. The topological polar surface area (TPSA) is 43.8 Å². The van der Waals surface area contributed by atoms with Crippen LogP contribution in [0, 0.1) is 0 Å². The van der Waals surface area contributed by atoms with Crippen LogP contribution in [-0.2, 0) is 20.0 Å². The summed E-state index contributed by atoms with van der Waals surface area (Å²) in [4.78, 5) is 4.31. The summed E-state index contributed by atoms with van der Waals surface area (Å²) in [5.41, 5.74) is 7.95. The molecule has 0 saturated heterocycles. The minimum Gasteiger partial charge on any atom is -0.336 e.